The molecule has 2 aromatic heterocycles. The Labute approximate surface area is 138 Å². The van der Waals surface area contributed by atoms with E-state index in [0.29, 0.717) is 0 Å². The fraction of sp³-hybridized carbons (Fsp3) is 0.214. The molecule has 0 bridgehead atoms. The summed E-state index contributed by atoms with van der Waals surface area (Å²) in [6.45, 7) is -0.479. The van der Waals surface area contributed by atoms with E-state index in [1.165, 1.54) is 37.8 Å². The Kier molecular flexibility index (Phi) is 4.21. The van der Waals surface area contributed by atoms with Crippen molar-refractivity contribution in [3.63, 3.8) is 0 Å². The van der Waals surface area contributed by atoms with E-state index in [-0.39, 0.29) is 17.1 Å². The molecule has 1 aromatic carbocycles. The minimum Gasteiger partial charge on any atom is -0.472 e. The first-order valence-electron chi connectivity index (χ1n) is 6.95. The SMILES string of the molecule is Cn1nnn(-c2cccc(C(F)(F)F)c2COc2cnccn2)c1=O. The minimum atomic E-state index is -4.64. The number of ether oxygens (including phenoxy) is 1. The van der Waals surface area contributed by atoms with Crippen LogP contribution in [0.2, 0.25) is 0 Å². The highest BCUT2D eigenvalue weighted by Gasteiger charge is 2.35. The Morgan fingerprint density at radius 2 is 2.00 bits per heavy atom. The van der Waals surface area contributed by atoms with Crippen LogP contribution in [0.25, 0.3) is 5.69 Å². The van der Waals surface area contributed by atoms with Crippen molar-refractivity contribution in [1.82, 2.24) is 29.8 Å². The first-order valence-corrected chi connectivity index (χ1v) is 6.95. The molecule has 2 heterocycles. The van der Waals surface area contributed by atoms with Crippen molar-refractivity contribution < 1.29 is 17.9 Å². The van der Waals surface area contributed by atoms with Gasteiger partial charge in [0.25, 0.3) is 0 Å². The normalized spacial score (nSPS) is 11.5. The van der Waals surface area contributed by atoms with Crippen LogP contribution in [0.15, 0.2) is 41.6 Å². The van der Waals surface area contributed by atoms with Gasteiger partial charge in [0.2, 0.25) is 5.88 Å². The zero-order chi connectivity index (χ0) is 18.0. The minimum absolute atomic E-state index is 0.0527. The quantitative estimate of drug-likeness (QED) is 0.704. The molecule has 0 saturated heterocycles. The number of alkyl halides is 3. The highest BCUT2D eigenvalue weighted by atomic mass is 19.4. The third kappa shape index (κ3) is 3.34. The molecular weight excluding hydrogens is 341 g/mol. The van der Waals surface area contributed by atoms with Gasteiger partial charge in [-0.05, 0) is 22.6 Å². The van der Waals surface area contributed by atoms with E-state index in [1.54, 1.807) is 0 Å². The lowest BCUT2D eigenvalue weighted by atomic mass is 10.1. The van der Waals surface area contributed by atoms with Crippen LogP contribution in [0.3, 0.4) is 0 Å². The summed E-state index contributed by atoms with van der Waals surface area (Å²) in [5.74, 6) is 0.0527. The molecule has 130 valence electrons. The van der Waals surface area contributed by atoms with Crippen molar-refractivity contribution in [2.24, 2.45) is 7.05 Å². The van der Waals surface area contributed by atoms with Crippen LogP contribution in [0, 0.1) is 0 Å². The van der Waals surface area contributed by atoms with Crippen molar-refractivity contribution >= 4 is 0 Å². The highest BCUT2D eigenvalue weighted by molar-refractivity contribution is 5.46. The van der Waals surface area contributed by atoms with E-state index in [0.717, 1.165) is 15.4 Å². The summed E-state index contributed by atoms with van der Waals surface area (Å²) >= 11 is 0. The molecule has 0 saturated carbocycles. The molecule has 0 aliphatic carbocycles. The van der Waals surface area contributed by atoms with Crippen molar-refractivity contribution in [3.05, 3.63) is 58.4 Å². The number of aryl methyl sites for hydroxylation is 1. The largest absolute Gasteiger partial charge is 0.472 e. The summed E-state index contributed by atoms with van der Waals surface area (Å²) in [6.07, 6.45) is -0.618. The maximum atomic E-state index is 13.4. The van der Waals surface area contributed by atoms with Crippen molar-refractivity contribution in [1.29, 1.82) is 0 Å². The van der Waals surface area contributed by atoms with Gasteiger partial charge in [-0.15, -0.1) is 0 Å². The zero-order valence-electron chi connectivity index (χ0n) is 12.8. The Morgan fingerprint density at radius 1 is 1.20 bits per heavy atom. The molecule has 3 aromatic rings. The van der Waals surface area contributed by atoms with Crippen LogP contribution in [0.4, 0.5) is 13.2 Å². The maximum absolute atomic E-state index is 13.4. The first-order chi connectivity index (χ1) is 11.9. The summed E-state index contributed by atoms with van der Waals surface area (Å²) in [5, 5.41) is 7.11. The fourth-order valence-corrected chi connectivity index (χ4v) is 2.16. The summed E-state index contributed by atoms with van der Waals surface area (Å²) in [5.41, 5.74) is -1.95. The first kappa shape index (κ1) is 16.6. The lowest BCUT2D eigenvalue weighted by Gasteiger charge is -2.16. The van der Waals surface area contributed by atoms with Crippen LogP contribution in [0.5, 0.6) is 5.88 Å². The molecule has 0 fully saturated rings. The lowest BCUT2D eigenvalue weighted by Crippen LogP contribution is -2.24. The van der Waals surface area contributed by atoms with Crippen LogP contribution < -0.4 is 10.4 Å². The van der Waals surface area contributed by atoms with Gasteiger partial charge in [-0.3, -0.25) is 4.98 Å². The van der Waals surface area contributed by atoms with Crippen LogP contribution in [-0.2, 0) is 19.8 Å². The molecule has 0 amide bonds. The molecule has 8 nitrogen and oxygen atoms in total. The standard InChI is InChI=1S/C14H11F3N6O2/c1-22-13(24)23(21-20-22)11-4-2-3-10(14(15,16)17)9(11)8-25-12-7-18-5-6-19-12/h2-7H,8H2,1H3. The molecule has 0 N–H and O–H groups in total. The molecule has 0 aliphatic rings. The summed E-state index contributed by atoms with van der Waals surface area (Å²) in [6, 6.07) is 3.42. The molecule has 3 rings (SSSR count). The van der Waals surface area contributed by atoms with Crippen molar-refractivity contribution in [2.75, 3.05) is 0 Å². The predicted molar refractivity (Wildman–Crippen MR) is 78.0 cm³/mol. The van der Waals surface area contributed by atoms with Crippen LogP contribution in [0.1, 0.15) is 11.1 Å². The molecule has 25 heavy (non-hydrogen) atoms. The molecule has 0 aliphatic heterocycles. The van der Waals surface area contributed by atoms with E-state index < -0.39 is 24.0 Å². The third-order valence-corrected chi connectivity index (χ3v) is 3.31. The van der Waals surface area contributed by atoms with Crippen LogP contribution >= 0.6 is 0 Å². The topological polar surface area (TPSA) is 87.7 Å². The Bertz CT molecular complexity index is 936. The number of aromatic nitrogens is 6. The van der Waals surface area contributed by atoms with Gasteiger partial charge in [-0.25, -0.2) is 9.78 Å². The second kappa shape index (κ2) is 6.34. The monoisotopic (exact) mass is 352 g/mol. The molecule has 0 spiro atoms. The van der Waals surface area contributed by atoms with Gasteiger partial charge in [0.1, 0.15) is 6.61 Å². The number of rotatable bonds is 4. The van der Waals surface area contributed by atoms with E-state index >= 15 is 0 Å². The number of benzene rings is 1. The van der Waals surface area contributed by atoms with Gasteiger partial charge >= 0.3 is 11.9 Å². The summed E-state index contributed by atoms with van der Waals surface area (Å²) < 4.78 is 47.1. The average Bonchev–Trinajstić information content (AvgIpc) is 2.92. The highest BCUT2D eigenvalue weighted by Crippen LogP contribution is 2.34. The molecular formula is C14H11F3N6O2. The van der Waals surface area contributed by atoms with Gasteiger partial charge < -0.3 is 4.74 Å². The second-order valence-electron chi connectivity index (χ2n) is 4.93. The smallest absolute Gasteiger partial charge is 0.416 e. The van der Waals surface area contributed by atoms with E-state index in [2.05, 4.69) is 20.4 Å². The number of hydrogen-bond donors (Lipinski definition) is 0. The number of nitrogens with zero attached hydrogens (tertiary/aromatic N) is 6. The van der Waals surface area contributed by atoms with Gasteiger partial charge in [0.05, 0.1) is 17.4 Å². The molecule has 11 heteroatoms. The van der Waals surface area contributed by atoms with E-state index in [4.69, 9.17) is 4.74 Å². The summed E-state index contributed by atoms with van der Waals surface area (Å²) in [4.78, 5) is 19.6. The van der Waals surface area contributed by atoms with E-state index in [9.17, 15) is 18.0 Å². The Morgan fingerprint density at radius 3 is 2.60 bits per heavy atom. The predicted octanol–water partition coefficient (Wildman–Crippen LogP) is 1.35. The second-order valence-corrected chi connectivity index (χ2v) is 4.93. The van der Waals surface area contributed by atoms with E-state index in [1.807, 2.05) is 0 Å². The Balaban J connectivity index is 2.09. The Hall–Kier alpha value is -3.24. The summed E-state index contributed by atoms with van der Waals surface area (Å²) in [7, 11) is 1.34. The molecule has 0 radical (unpaired) electrons. The fourth-order valence-electron chi connectivity index (χ4n) is 2.16. The third-order valence-electron chi connectivity index (χ3n) is 3.31. The van der Waals surface area contributed by atoms with Gasteiger partial charge in [0, 0.05) is 25.0 Å². The molecule has 0 atom stereocenters. The van der Waals surface area contributed by atoms with Gasteiger partial charge in [0.15, 0.2) is 0 Å². The molecule has 0 unspecified atom stereocenters. The average molecular weight is 352 g/mol. The number of tetrazole rings is 1. The number of hydrogen-bond acceptors (Lipinski definition) is 6. The van der Waals surface area contributed by atoms with Gasteiger partial charge in [-0.1, -0.05) is 6.07 Å². The van der Waals surface area contributed by atoms with Crippen molar-refractivity contribution in [3.8, 4) is 11.6 Å². The number of halogens is 3. The van der Waals surface area contributed by atoms with Gasteiger partial charge in [-0.2, -0.15) is 22.5 Å². The van der Waals surface area contributed by atoms with Crippen LogP contribution in [-0.4, -0.2) is 29.8 Å². The zero-order valence-corrected chi connectivity index (χ0v) is 12.8. The van der Waals surface area contributed by atoms with Crippen molar-refractivity contribution in [2.45, 2.75) is 12.8 Å². The maximum Gasteiger partial charge on any atom is 0.416 e. The lowest BCUT2D eigenvalue weighted by molar-refractivity contribution is -0.138.